The molecule has 0 N–H and O–H groups in total. The highest BCUT2D eigenvalue weighted by Crippen LogP contribution is 2.31. The maximum atomic E-state index is 11.9. The highest BCUT2D eigenvalue weighted by Gasteiger charge is 2.26. The second kappa shape index (κ2) is 4.56. The van der Waals surface area contributed by atoms with Crippen LogP contribution < -0.4 is 9.47 Å². The Hall–Kier alpha value is -1.51. The second-order valence-electron chi connectivity index (χ2n) is 4.02. The monoisotopic (exact) mass is 220 g/mol. The Kier molecular flexibility index (Phi) is 3.13. The predicted molar refractivity (Wildman–Crippen MR) is 61.3 cm³/mol. The number of hydrogen-bond donors (Lipinski definition) is 0. The maximum absolute atomic E-state index is 11.9. The first kappa shape index (κ1) is 11.0. The van der Waals surface area contributed by atoms with E-state index in [2.05, 4.69) is 6.92 Å². The topological polar surface area (TPSA) is 35.5 Å². The van der Waals surface area contributed by atoms with E-state index < -0.39 is 0 Å². The normalized spacial score (nSPS) is 18.9. The van der Waals surface area contributed by atoms with Crippen LogP contribution in [-0.2, 0) is 0 Å². The lowest BCUT2D eigenvalue weighted by Gasteiger charge is -2.25. The van der Waals surface area contributed by atoms with Crippen LogP contribution in [0.5, 0.6) is 11.5 Å². The van der Waals surface area contributed by atoms with Gasteiger partial charge in [-0.05, 0) is 24.6 Å². The van der Waals surface area contributed by atoms with Crippen molar-refractivity contribution in [2.24, 2.45) is 0 Å². The number of carbonyl (C=O) groups is 1. The van der Waals surface area contributed by atoms with Crippen molar-refractivity contribution in [3.63, 3.8) is 0 Å². The molecule has 86 valence electrons. The van der Waals surface area contributed by atoms with Crippen molar-refractivity contribution in [2.45, 2.75) is 32.3 Å². The Bertz CT molecular complexity index is 398. The molecular formula is C13H16O3. The number of fused-ring (bicyclic) bond motifs is 1. The van der Waals surface area contributed by atoms with E-state index in [-0.39, 0.29) is 11.9 Å². The fourth-order valence-electron chi connectivity index (χ4n) is 1.98. The summed E-state index contributed by atoms with van der Waals surface area (Å²) in [5, 5.41) is 0. The van der Waals surface area contributed by atoms with Gasteiger partial charge in [-0.3, -0.25) is 4.79 Å². The molecule has 0 radical (unpaired) electrons. The standard InChI is InChI=1S/C13H16O3/c1-3-4-10-8-12(14)11-7-9(15-2)5-6-13(11)16-10/h5-7,10H,3-4,8H2,1-2H3. The predicted octanol–water partition coefficient (Wildman–Crippen LogP) is 2.83. The van der Waals surface area contributed by atoms with E-state index >= 15 is 0 Å². The fourth-order valence-corrected chi connectivity index (χ4v) is 1.98. The van der Waals surface area contributed by atoms with Gasteiger partial charge in [-0.15, -0.1) is 0 Å². The van der Waals surface area contributed by atoms with Crippen molar-refractivity contribution >= 4 is 5.78 Å². The van der Waals surface area contributed by atoms with Crippen molar-refractivity contribution in [1.82, 2.24) is 0 Å². The molecule has 1 atom stereocenters. The van der Waals surface area contributed by atoms with Crippen molar-refractivity contribution in [3.05, 3.63) is 23.8 Å². The Morgan fingerprint density at radius 2 is 2.31 bits per heavy atom. The zero-order valence-corrected chi connectivity index (χ0v) is 9.66. The number of rotatable bonds is 3. The third-order valence-corrected chi connectivity index (χ3v) is 2.80. The summed E-state index contributed by atoms with van der Waals surface area (Å²) in [6, 6.07) is 5.38. The van der Waals surface area contributed by atoms with Gasteiger partial charge in [0.1, 0.15) is 17.6 Å². The average Bonchev–Trinajstić information content (AvgIpc) is 2.29. The Labute approximate surface area is 95.4 Å². The lowest BCUT2D eigenvalue weighted by molar-refractivity contribution is 0.0837. The minimum atomic E-state index is 0.0402. The first-order valence-corrected chi connectivity index (χ1v) is 5.62. The van der Waals surface area contributed by atoms with Crippen LogP contribution in [0.1, 0.15) is 36.5 Å². The van der Waals surface area contributed by atoms with Gasteiger partial charge in [-0.1, -0.05) is 13.3 Å². The highest BCUT2D eigenvalue weighted by molar-refractivity contribution is 6.00. The first-order valence-electron chi connectivity index (χ1n) is 5.62. The quantitative estimate of drug-likeness (QED) is 0.785. The highest BCUT2D eigenvalue weighted by atomic mass is 16.5. The molecule has 1 heterocycles. The summed E-state index contributed by atoms with van der Waals surface area (Å²) in [5.41, 5.74) is 0.645. The molecule has 3 heteroatoms. The second-order valence-corrected chi connectivity index (χ2v) is 4.02. The van der Waals surface area contributed by atoms with E-state index in [1.165, 1.54) is 0 Å². The van der Waals surface area contributed by atoms with Gasteiger partial charge in [-0.2, -0.15) is 0 Å². The van der Waals surface area contributed by atoms with E-state index in [1.807, 2.05) is 12.1 Å². The summed E-state index contributed by atoms with van der Waals surface area (Å²) in [7, 11) is 1.59. The van der Waals surface area contributed by atoms with E-state index in [0.29, 0.717) is 23.5 Å². The summed E-state index contributed by atoms with van der Waals surface area (Å²) < 4.78 is 10.9. The van der Waals surface area contributed by atoms with Crippen molar-refractivity contribution < 1.29 is 14.3 Å². The van der Waals surface area contributed by atoms with Gasteiger partial charge in [0, 0.05) is 6.42 Å². The van der Waals surface area contributed by atoms with Gasteiger partial charge in [-0.25, -0.2) is 0 Å². The Morgan fingerprint density at radius 1 is 1.50 bits per heavy atom. The van der Waals surface area contributed by atoms with Crippen LogP contribution in [0.3, 0.4) is 0 Å². The van der Waals surface area contributed by atoms with Crippen molar-refractivity contribution in [3.8, 4) is 11.5 Å². The van der Waals surface area contributed by atoms with Crippen LogP contribution in [0.2, 0.25) is 0 Å². The summed E-state index contributed by atoms with van der Waals surface area (Å²) in [6.07, 6.45) is 2.48. The number of benzene rings is 1. The van der Waals surface area contributed by atoms with Crippen molar-refractivity contribution in [2.75, 3.05) is 7.11 Å². The van der Waals surface area contributed by atoms with Gasteiger partial charge in [0.15, 0.2) is 5.78 Å². The molecule has 2 rings (SSSR count). The third-order valence-electron chi connectivity index (χ3n) is 2.80. The molecule has 0 spiro atoms. The molecule has 1 aromatic rings. The minimum absolute atomic E-state index is 0.0402. The molecule has 0 bridgehead atoms. The molecule has 1 aliphatic rings. The van der Waals surface area contributed by atoms with Crippen LogP contribution in [0.15, 0.2) is 18.2 Å². The van der Waals surface area contributed by atoms with Crippen LogP contribution in [0.4, 0.5) is 0 Å². The number of carbonyl (C=O) groups excluding carboxylic acids is 1. The zero-order valence-electron chi connectivity index (χ0n) is 9.66. The number of ether oxygens (including phenoxy) is 2. The van der Waals surface area contributed by atoms with Gasteiger partial charge in [0.25, 0.3) is 0 Å². The molecular weight excluding hydrogens is 204 g/mol. The summed E-state index contributed by atoms with van der Waals surface area (Å²) in [6.45, 7) is 2.09. The van der Waals surface area contributed by atoms with E-state index in [4.69, 9.17) is 9.47 Å². The molecule has 3 nitrogen and oxygen atoms in total. The number of methoxy groups -OCH3 is 1. The summed E-state index contributed by atoms with van der Waals surface area (Å²) in [5.74, 6) is 1.54. The third kappa shape index (κ3) is 2.03. The Balaban J connectivity index is 2.27. The largest absolute Gasteiger partial charge is 0.497 e. The molecule has 0 aromatic heterocycles. The van der Waals surface area contributed by atoms with Gasteiger partial charge in [0.2, 0.25) is 0 Å². The maximum Gasteiger partial charge on any atom is 0.170 e. The number of hydrogen-bond acceptors (Lipinski definition) is 3. The lowest BCUT2D eigenvalue weighted by atomic mass is 9.98. The van der Waals surface area contributed by atoms with Gasteiger partial charge >= 0.3 is 0 Å². The summed E-state index contributed by atoms with van der Waals surface area (Å²) in [4.78, 5) is 11.9. The molecule has 0 saturated carbocycles. The molecule has 0 aliphatic carbocycles. The number of ketones is 1. The first-order chi connectivity index (χ1) is 7.74. The molecule has 0 saturated heterocycles. The molecule has 16 heavy (non-hydrogen) atoms. The number of Topliss-reactive ketones (excluding diaryl/α,β-unsaturated/α-hetero) is 1. The zero-order chi connectivity index (χ0) is 11.5. The van der Waals surface area contributed by atoms with Crippen LogP contribution in [0.25, 0.3) is 0 Å². The summed E-state index contributed by atoms with van der Waals surface area (Å²) >= 11 is 0. The van der Waals surface area contributed by atoms with Crippen LogP contribution in [-0.4, -0.2) is 19.0 Å². The van der Waals surface area contributed by atoms with Gasteiger partial charge in [0.05, 0.1) is 12.7 Å². The van der Waals surface area contributed by atoms with Crippen LogP contribution >= 0.6 is 0 Å². The Morgan fingerprint density at radius 3 is 3.00 bits per heavy atom. The minimum Gasteiger partial charge on any atom is -0.497 e. The molecule has 1 aliphatic heterocycles. The molecule has 0 fully saturated rings. The van der Waals surface area contributed by atoms with E-state index in [1.54, 1.807) is 13.2 Å². The van der Waals surface area contributed by atoms with Crippen LogP contribution in [0, 0.1) is 0 Å². The molecule has 1 unspecified atom stereocenters. The van der Waals surface area contributed by atoms with Crippen molar-refractivity contribution in [1.29, 1.82) is 0 Å². The average molecular weight is 220 g/mol. The molecule has 0 amide bonds. The fraction of sp³-hybridized carbons (Fsp3) is 0.462. The molecule has 1 aromatic carbocycles. The SMILES string of the molecule is CCCC1CC(=O)c2cc(OC)ccc2O1. The van der Waals surface area contributed by atoms with Gasteiger partial charge < -0.3 is 9.47 Å². The smallest absolute Gasteiger partial charge is 0.170 e. The lowest BCUT2D eigenvalue weighted by Crippen LogP contribution is -2.26. The van der Waals surface area contributed by atoms with E-state index in [9.17, 15) is 4.79 Å². The van der Waals surface area contributed by atoms with E-state index in [0.717, 1.165) is 12.8 Å².